The molecule has 1 aromatic rings. The molecule has 1 unspecified atom stereocenters. The van der Waals surface area contributed by atoms with Gasteiger partial charge in [0.1, 0.15) is 0 Å². The Morgan fingerprint density at radius 3 is 2.82 bits per heavy atom. The van der Waals surface area contributed by atoms with Gasteiger partial charge in [0.05, 0.1) is 6.54 Å². The monoisotopic (exact) mass is 238 g/mol. The fourth-order valence-electron chi connectivity index (χ4n) is 2.13. The summed E-state index contributed by atoms with van der Waals surface area (Å²) in [6.45, 7) is 12.5. The summed E-state index contributed by atoms with van der Waals surface area (Å²) in [5.41, 5.74) is 0.281. The summed E-state index contributed by atoms with van der Waals surface area (Å²) >= 11 is 0. The molecule has 2 heterocycles. The SMILES string of the molecule is Cc1noc(CN2CCNC(C(C)(C)C)C2)n1. The van der Waals surface area contributed by atoms with Crippen molar-refractivity contribution in [2.24, 2.45) is 5.41 Å². The Bertz CT molecular complexity index is 369. The van der Waals surface area contributed by atoms with Gasteiger partial charge in [0, 0.05) is 25.7 Å². The molecule has 5 nitrogen and oxygen atoms in total. The van der Waals surface area contributed by atoms with Gasteiger partial charge in [-0.15, -0.1) is 0 Å². The van der Waals surface area contributed by atoms with Crippen LogP contribution in [0.1, 0.15) is 32.5 Å². The van der Waals surface area contributed by atoms with Crippen LogP contribution in [0.15, 0.2) is 4.52 Å². The van der Waals surface area contributed by atoms with Gasteiger partial charge in [-0.3, -0.25) is 4.90 Å². The first-order valence-electron chi connectivity index (χ1n) is 6.20. The maximum atomic E-state index is 5.16. The van der Waals surface area contributed by atoms with E-state index in [-0.39, 0.29) is 5.41 Å². The standard InChI is InChI=1S/C12H22N4O/c1-9-14-11(17-15-9)8-16-6-5-13-10(7-16)12(2,3)4/h10,13H,5-8H2,1-4H3. The van der Waals surface area contributed by atoms with E-state index in [0.29, 0.717) is 11.9 Å². The second-order valence-corrected chi connectivity index (χ2v) is 5.84. The van der Waals surface area contributed by atoms with Crippen molar-refractivity contribution in [1.82, 2.24) is 20.4 Å². The Balaban J connectivity index is 1.94. The summed E-state index contributed by atoms with van der Waals surface area (Å²) in [5.74, 6) is 1.43. The normalized spacial score (nSPS) is 22.9. The highest BCUT2D eigenvalue weighted by Crippen LogP contribution is 2.22. The predicted molar refractivity (Wildman–Crippen MR) is 65.6 cm³/mol. The van der Waals surface area contributed by atoms with Gasteiger partial charge >= 0.3 is 0 Å². The number of hydrogen-bond acceptors (Lipinski definition) is 5. The lowest BCUT2D eigenvalue weighted by atomic mass is 9.85. The molecule has 1 N–H and O–H groups in total. The first-order valence-corrected chi connectivity index (χ1v) is 6.20. The van der Waals surface area contributed by atoms with Crippen molar-refractivity contribution < 1.29 is 4.52 Å². The van der Waals surface area contributed by atoms with E-state index < -0.39 is 0 Å². The lowest BCUT2D eigenvalue weighted by molar-refractivity contribution is 0.118. The molecule has 2 rings (SSSR count). The number of nitrogens with zero attached hydrogens (tertiary/aromatic N) is 3. The molecule has 1 atom stereocenters. The zero-order valence-electron chi connectivity index (χ0n) is 11.2. The summed E-state index contributed by atoms with van der Waals surface area (Å²) in [4.78, 5) is 6.63. The van der Waals surface area contributed by atoms with Gasteiger partial charge in [-0.05, 0) is 12.3 Å². The molecule has 0 bridgehead atoms. The van der Waals surface area contributed by atoms with Crippen molar-refractivity contribution in [3.8, 4) is 0 Å². The second-order valence-electron chi connectivity index (χ2n) is 5.84. The maximum Gasteiger partial charge on any atom is 0.240 e. The summed E-state index contributed by atoms with van der Waals surface area (Å²) in [7, 11) is 0. The van der Waals surface area contributed by atoms with E-state index >= 15 is 0 Å². The maximum absolute atomic E-state index is 5.16. The van der Waals surface area contributed by atoms with Gasteiger partial charge in [0.25, 0.3) is 0 Å². The van der Waals surface area contributed by atoms with Crippen LogP contribution in [0.4, 0.5) is 0 Å². The molecule has 0 aromatic carbocycles. The van der Waals surface area contributed by atoms with Crippen molar-refractivity contribution in [2.75, 3.05) is 19.6 Å². The first kappa shape index (κ1) is 12.5. The molecule has 1 aliphatic heterocycles. The predicted octanol–water partition coefficient (Wildman–Crippen LogP) is 1.20. The van der Waals surface area contributed by atoms with Crippen molar-refractivity contribution in [3.63, 3.8) is 0 Å². The van der Waals surface area contributed by atoms with E-state index in [1.165, 1.54) is 0 Å². The Labute approximate surface area is 103 Å². The molecule has 1 aliphatic rings. The van der Waals surface area contributed by atoms with Crippen LogP contribution >= 0.6 is 0 Å². The Morgan fingerprint density at radius 1 is 1.47 bits per heavy atom. The number of piperazine rings is 1. The topological polar surface area (TPSA) is 54.2 Å². The van der Waals surface area contributed by atoms with Gasteiger partial charge < -0.3 is 9.84 Å². The van der Waals surface area contributed by atoms with E-state index in [1.54, 1.807) is 0 Å². The van der Waals surface area contributed by atoms with Crippen LogP contribution < -0.4 is 5.32 Å². The molecule has 0 aliphatic carbocycles. The number of nitrogens with one attached hydrogen (secondary N) is 1. The van der Waals surface area contributed by atoms with Crippen LogP contribution in [0.25, 0.3) is 0 Å². The smallest absolute Gasteiger partial charge is 0.240 e. The Kier molecular flexibility index (Phi) is 3.49. The van der Waals surface area contributed by atoms with Crippen LogP contribution in [-0.2, 0) is 6.54 Å². The van der Waals surface area contributed by atoms with Gasteiger partial charge in [-0.25, -0.2) is 0 Å². The molecule has 0 radical (unpaired) electrons. The molecule has 1 fully saturated rings. The van der Waals surface area contributed by atoms with Crippen LogP contribution in [0.5, 0.6) is 0 Å². The molecule has 96 valence electrons. The van der Waals surface area contributed by atoms with Crippen LogP contribution in [0, 0.1) is 12.3 Å². The lowest BCUT2D eigenvalue weighted by Gasteiger charge is -2.40. The number of aromatic nitrogens is 2. The highest BCUT2D eigenvalue weighted by atomic mass is 16.5. The third-order valence-electron chi connectivity index (χ3n) is 3.23. The molecule has 17 heavy (non-hydrogen) atoms. The minimum Gasteiger partial charge on any atom is -0.338 e. The first-order chi connectivity index (χ1) is 7.95. The highest BCUT2D eigenvalue weighted by Gasteiger charge is 2.29. The molecular weight excluding hydrogens is 216 g/mol. The van der Waals surface area contributed by atoms with Gasteiger partial charge in [-0.1, -0.05) is 25.9 Å². The quantitative estimate of drug-likeness (QED) is 0.839. The largest absolute Gasteiger partial charge is 0.338 e. The molecule has 1 aromatic heterocycles. The van der Waals surface area contributed by atoms with E-state index in [4.69, 9.17) is 4.52 Å². The number of hydrogen-bond donors (Lipinski definition) is 1. The lowest BCUT2D eigenvalue weighted by Crippen LogP contribution is -2.55. The van der Waals surface area contributed by atoms with E-state index in [9.17, 15) is 0 Å². The van der Waals surface area contributed by atoms with E-state index in [2.05, 4.69) is 41.1 Å². The molecule has 0 spiro atoms. The zero-order chi connectivity index (χ0) is 12.5. The average Bonchev–Trinajstić information content (AvgIpc) is 2.63. The minimum absolute atomic E-state index is 0.281. The Morgan fingerprint density at radius 2 is 2.24 bits per heavy atom. The molecule has 5 heteroatoms. The van der Waals surface area contributed by atoms with Crippen molar-refractivity contribution >= 4 is 0 Å². The molecule has 0 amide bonds. The van der Waals surface area contributed by atoms with E-state index in [1.807, 2.05) is 6.92 Å². The van der Waals surface area contributed by atoms with E-state index in [0.717, 1.165) is 32.1 Å². The third-order valence-corrected chi connectivity index (χ3v) is 3.23. The van der Waals surface area contributed by atoms with Crippen LogP contribution in [0.2, 0.25) is 0 Å². The Hall–Kier alpha value is -0.940. The zero-order valence-corrected chi connectivity index (χ0v) is 11.2. The number of aryl methyl sites for hydroxylation is 1. The minimum atomic E-state index is 0.281. The molecule has 0 saturated carbocycles. The summed E-state index contributed by atoms with van der Waals surface area (Å²) in [5, 5.41) is 7.39. The van der Waals surface area contributed by atoms with Crippen molar-refractivity contribution in [2.45, 2.75) is 40.3 Å². The van der Waals surface area contributed by atoms with Crippen LogP contribution in [0.3, 0.4) is 0 Å². The highest BCUT2D eigenvalue weighted by molar-refractivity contribution is 4.90. The summed E-state index contributed by atoms with van der Waals surface area (Å²) in [6.07, 6.45) is 0. The van der Waals surface area contributed by atoms with Gasteiger partial charge in [0.15, 0.2) is 5.82 Å². The van der Waals surface area contributed by atoms with Gasteiger partial charge in [-0.2, -0.15) is 4.98 Å². The third kappa shape index (κ3) is 3.26. The fraction of sp³-hybridized carbons (Fsp3) is 0.833. The van der Waals surface area contributed by atoms with Crippen LogP contribution in [-0.4, -0.2) is 40.7 Å². The second kappa shape index (κ2) is 4.74. The number of rotatable bonds is 2. The van der Waals surface area contributed by atoms with Gasteiger partial charge in [0.2, 0.25) is 5.89 Å². The fourth-order valence-corrected chi connectivity index (χ4v) is 2.13. The molecule has 1 saturated heterocycles. The summed E-state index contributed by atoms with van der Waals surface area (Å²) in [6, 6.07) is 0.514. The van der Waals surface area contributed by atoms with Crippen molar-refractivity contribution in [1.29, 1.82) is 0 Å². The molecular formula is C12H22N4O. The van der Waals surface area contributed by atoms with Crippen molar-refractivity contribution in [3.05, 3.63) is 11.7 Å². The average molecular weight is 238 g/mol. The summed E-state index contributed by atoms with van der Waals surface area (Å²) < 4.78 is 5.16.